The molecule has 1 aliphatic rings. The molecular weight excluding hydrogens is 1020 g/mol. The second-order valence-corrected chi connectivity index (χ2v) is 21.6. The van der Waals surface area contributed by atoms with Gasteiger partial charge in [0, 0.05) is 43.4 Å². The number of carboxylic acids is 1. The number of rotatable bonds is 32. The quantitative estimate of drug-likeness (QED) is 0.0117. The molecule has 71 heavy (non-hydrogen) atoms. The van der Waals surface area contributed by atoms with Crippen molar-refractivity contribution in [2.75, 3.05) is 101 Å². The smallest absolute Gasteiger partial charge is 0.305 e. The monoisotopic (exact) mass is 1080 g/mol. The Hall–Kier alpha value is -5.77. The van der Waals surface area contributed by atoms with E-state index in [0.717, 1.165) is 17.0 Å². The van der Waals surface area contributed by atoms with E-state index < -0.39 is 105 Å². The lowest BCUT2D eigenvalue weighted by atomic mass is 10.1. The number of nitrogens with zero attached hydrogens (tertiary/aromatic N) is 3. The van der Waals surface area contributed by atoms with Gasteiger partial charge in [0.15, 0.2) is 0 Å². The van der Waals surface area contributed by atoms with Crippen LogP contribution in [0.15, 0.2) is 58.3 Å². The number of imide groups is 1. The number of nitrogens with one attached hydrogen (secondary N) is 5. The first-order chi connectivity index (χ1) is 33.4. The molecule has 7 amide bonds. The lowest BCUT2D eigenvalue weighted by molar-refractivity contribution is -0.149. The number of anilines is 2. The van der Waals surface area contributed by atoms with Crippen molar-refractivity contribution in [1.82, 2.24) is 31.1 Å². The number of primary sulfonamides is 2. The highest BCUT2D eigenvalue weighted by Gasteiger charge is 2.33. The third kappa shape index (κ3) is 22.9. The third-order valence-corrected chi connectivity index (χ3v) is 13.7. The highest BCUT2D eigenvalue weighted by molar-refractivity contribution is 8.76. The van der Waals surface area contributed by atoms with Crippen LogP contribution in [0.3, 0.4) is 0 Å². The Bertz CT molecular complexity index is 2410. The highest BCUT2D eigenvalue weighted by atomic mass is 33.1. The predicted octanol–water partition coefficient (Wildman–Crippen LogP) is -3.27. The first kappa shape index (κ1) is 59.5. The van der Waals surface area contributed by atoms with Gasteiger partial charge in [-0.2, -0.15) is 0 Å². The van der Waals surface area contributed by atoms with Gasteiger partial charge in [-0.25, -0.2) is 32.0 Å². The average molecular weight is 1080 g/mol. The summed E-state index contributed by atoms with van der Waals surface area (Å²) in [7, 11) is -5.17. The van der Waals surface area contributed by atoms with Crippen LogP contribution in [0.4, 0.5) is 11.4 Å². The Morgan fingerprint density at radius 1 is 0.831 bits per heavy atom. The molecule has 27 nitrogen and oxygen atoms in total. The summed E-state index contributed by atoms with van der Waals surface area (Å²) >= 11 is 0. The van der Waals surface area contributed by atoms with Crippen LogP contribution in [0.25, 0.3) is 0 Å². The maximum Gasteiger partial charge on any atom is 0.305 e. The molecule has 1 heterocycles. The normalized spacial score (nSPS) is 13.8. The molecule has 0 unspecified atom stereocenters. The fourth-order valence-corrected chi connectivity index (χ4v) is 8.77. The molecule has 31 heteroatoms. The Kier molecular flexibility index (Phi) is 24.3. The summed E-state index contributed by atoms with van der Waals surface area (Å²) in [6, 6.07) is 8.32. The number of carboxylic acid groups (broad SMARTS) is 1. The fourth-order valence-electron chi connectivity index (χ4n) is 5.99. The zero-order valence-corrected chi connectivity index (χ0v) is 41.8. The van der Waals surface area contributed by atoms with Crippen LogP contribution in [0.2, 0.25) is 0 Å². The molecule has 2 aromatic carbocycles. The molecule has 0 aliphatic carbocycles. The average Bonchev–Trinajstić information content (AvgIpc) is 3.28. The van der Waals surface area contributed by atoms with E-state index in [-0.39, 0.29) is 80.1 Å². The summed E-state index contributed by atoms with van der Waals surface area (Å²) in [5.74, 6) is -5.14. The molecule has 0 aromatic heterocycles. The Balaban J connectivity index is 1.51. The van der Waals surface area contributed by atoms with Gasteiger partial charge in [0.05, 0.1) is 60.2 Å². The lowest BCUT2D eigenvalue weighted by Crippen LogP contribution is -2.56. The number of piperazine rings is 1. The van der Waals surface area contributed by atoms with Gasteiger partial charge in [-0.1, -0.05) is 21.6 Å². The molecule has 0 saturated carbocycles. The number of carbonyl (C=O) groups excluding carboxylic acids is 8. The van der Waals surface area contributed by atoms with Gasteiger partial charge < -0.3 is 45.9 Å². The molecular formula is C40H56N10O17S4. The minimum Gasteiger partial charge on any atom is -0.481 e. The van der Waals surface area contributed by atoms with Crippen LogP contribution in [0.1, 0.15) is 20.3 Å². The molecule has 1 atom stereocenters. The van der Waals surface area contributed by atoms with Crippen LogP contribution in [-0.2, 0) is 77.4 Å². The van der Waals surface area contributed by atoms with Gasteiger partial charge in [0.1, 0.15) is 26.0 Å². The van der Waals surface area contributed by atoms with E-state index in [2.05, 4.69) is 31.3 Å². The summed E-state index contributed by atoms with van der Waals surface area (Å²) in [5, 5.41) is 31.9. The summed E-state index contributed by atoms with van der Waals surface area (Å²) in [6.45, 7) is 1.00. The van der Waals surface area contributed by atoms with Gasteiger partial charge in [0.2, 0.25) is 61.4 Å². The Morgan fingerprint density at radius 2 is 1.42 bits per heavy atom. The number of nitrogens with two attached hydrogens (primary N) is 2. The van der Waals surface area contributed by atoms with Crippen molar-refractivity contribution >= 4 is 107 Å². The molecule has 3 rings (SSSR count). The van der Waals surface area contributed by atoms with Crippen molar-refractivity contribution in [3.63, 3.8) is 0 Å². The number of carbonyl (C=O) groups is 9. The molecule has 1 fully saturated rings. The zero-order valence-electron chi connectivity index (χ0n) is 38.5. The predicted molar refractivity (Wildman–Crippen MR) is 256 cm³/mol. The molecule has 0 spiro atoms. The topological polar surface area (TPSA) is 392 Å². The van der Waals surface area contributed by atoms with Crippen LogP contribution >= 0.6 is 21.6 Å². The zero-order chi connectivity index (χ0) is 52.8. The number of amides is 7. The van der Waals surface area contributed by atoms with E-state index in [1.54, 1.807) is 13.8 Å². The van der Waals surface area contributed by atoms with E-state index in [4.69, 9.17) is 19.8 Å². The van der Waals surface area contributed by atoms with Crippen molar-refractivity contribution in [2.24, 2.45) is 10.3 Å². The summed E-state index contributed by atoms with van der Waals surface area (Å²) in [5.41, 5.74) is -0.770. The van der Waals surface area contributed by atoms with Gasteiger partial charge >= 0.3 is 5.97 Å². The van der Waals surface area contributed by atoms with E-state index in [1.165, 1.54) is 67.8 Å². The highest BCUT2D eigenvalue weighted by Crippen LogP contribution is 2.21. The Labute approximate surface area is 416 Å². The minimum atomic E-state index is -4.02. The number of hydrogen-bond acceptors (Lipinski definition) is 20. The van der Waals surface area contributed by atoms with Gasteiger partial charge in [0.25, 0.3) is 6.47 Å². The molecule has 0 radical (unpaired) electrons. The van der Waals surface area contributed by atoms with Crippen LogP contribution in [0, 0.1) is 0 Å². The van der Waals surface area contributed by atoms with Crippen LogP contribution in [-0.4, -0.2) is 188 Å². The molecule has 1 saturated heterocycles. The molecule has 10 N–H and O–H groups in total. The first-order valence-corrected chi connectivity index (χ1v) is 26.6. The number of hydrogen-bond donors (Lipinski definition) is 8. The van der Waals surface area contributed by atoms with E-state index in [1.807, 2.05) is 0 Å². The van der Waals surface area contributed by atoms with Crippen molar-refractivity contribution in [2.45, 2.75) is 41.7 Å². The molecule has 2 aromatic rings. The summed E-state index contributed by atoms with van der Waals surface area (Å²) in [4.78, 5) is 115. The maximum atomic E-state index is 13.3. The summed E-state index contributed by atoms with van der Waals surface area (Å²) < 4.78 is 62.1. The Morgan fingerprint density at radius 3 is 2.01 bits per heavy atom. The number of sulfonamides is 2. The van der Waals surface area contributed by atoms with Crippen molar-refractivity contribution in [3.8, 4) is 0 Å². The second kappa shape index (κ2) is 28.9. The largest absolute Gasteiger partial charge is 0.481 e. The van der Waals surface area contributed by atoms with Gasteiger partial charge in [-0.05, 0) is 62.4 Å². The van der Waals surface area contributed by atoms with Crippen molar-refractivity contribution in [1.29, 1.82) is 0 Å². The number of benzene rings is 2. The minimum absolute atomic E-state index is 0.0170. The van der Waals surface area contributed by atoms with Crippen molar-refractivity contribution < 1.29 is 79.3 Å². The molecule has 0 bridgehead atoms. The van der Waals surface area contributed by atoms with Gasteiger partial charge in [-0.15, -0.1) is 0 Å². The SMILES string of the molecule is CC(C)(CNC(=O)CN(CCN1CC(=O)N(c2ccc(S(N)(=O)=O)cc2)C(=O)C1)CC(=O)Nc1ccc(S(N)(=O)=O)cc1)OCOCC(=O)N[C@@H](CC(=O)O)C(=O)NCC(=O)NCCSSCCOC=O. The van der Waals surface area contributed by atoms with Crippen molar-refractivity contribution in [3.05, 3.63) is 48.5 Å². The molecule has 392 valence electrons. The lowest BCUT2D eigenvalue weighted by Gasteiger charge is -2.34. The molecule has 1 aliphatic heterocycles. The first-order valence-electron chi connectivity index (χ1n) is 21.1. The fraction of sp³-hybridized carbons (Fsp3) is 0.475. The standard InChI is InChI=1S/C40H56N10O17S4/c1-40(2,67-26-66-23-35(55)47-31(17-38(58)59)39(60)44-18-32(52)43-11-15-68-69-16-14-65-25-51)24-45-33(53)19-48(20-34(54)46-27-3-7-29(8-4-27)70(41,61)62)12-13-49-21-36(56)50(37(57)22-49)28-5-9-30(10-6-28)71(42,63)64/h3-10,25,31H,11-24,26H2,1-2H3,(H,43,52)(H,44,60)(H,45,53)(H,46,54)(H,47,55)(H,58,59)(H2,41,61,62)(H2,42,63,64)/t31-/m0/s1. The second-order valence-electron chi connectivity index (χ2n) is 15.7. The third-order valence-electron chi connectivity index (χ3n) is 9.45. The number of ether oxygens (including phenoxy) is 3. The van der Waals surface area contributed by atoms with Crippen LogP contribution in [0.5, 0.6) is 0 Å². The van der Waals surface area contributed by atoms with E-state index in [9.17, 15) is 65.1 Å². The van der Waals surface area contributed by atoms with Gasteiger partial charge in [-0.3, -0.25) is 53.0 Å². The number of aliphatic carboxylic acids is 1. The maximum absolute atomic E-state index is 13.3. The summed E-state index contributed by atoms with van der Waals surface area (Å²) in [6.07, 6.45) is -0.802. The van der Waals surface area contributed by atoms with E-state index >= 15 is 0 Å². The van der Waals surface area contributed by atoms with E-state index in [0.29, 0.717) is 18.0 Å². The van der Waals surface area contributed by atoms with Crippen LogP contribution < -0.4 is 41.8 Å².